The molecular weight excluding hydrogens is 419 g/mol. The van der Waals surface area contributed by atoms with Crippen molar-refractivity contribution in [3.63, 3.8) is 0 Å². The molecule has 0 spiro atoms. The van der Waals surface area contributed by atoms with E-state index in [0.29, 0.717) is 34.9 Å². The highest BCUT2D eigenvalue weighted by Crippen LogP contribution is 2.35. The number of nitrogens with zero attached hydrogens (tertiary/aromatic N) is 3. The molecule has 164 valence electrons. The number of aliphatic hydroxyl groups excluding tert-OH is 1. The number of hydrogen-bond donors (Lipinski definition) is 2. The summed E-state index contributed by atoms with van der Waals surface area (Å²) in [5.41, 5.74) is 2.64. The lowest BCUT2D eigenvalue weighted by Crippen LogP contribution is -2.26. The zero-order chi connectivity index (χ0) is 22.2. The second kappa shape index (κ2) is 8.39. The van der Waals surface area contributed by atoms with E-state index in [1.165, 1.54) is 18.5 Å². The molecule has 9 heteroatoms. The molecule has 0 unspecified atom stereocenters. The number of aliphatic hydroxyl groups is 1. The van der Waals surface area contributed by atoms with Crippen LogP contribution in [-0.4, -0.2) is 44.0 Å². The maximum Gasteiger partial charge on any atom is 0.146 e. The molecule has 7 nitrogen and oxygen atoms in total. The molecule has 1 saturated carbocycles. The third-order valence-electron chi connectivity index (χ3n) is 5.14. The van der Waals surface area contributed by atoms with E-state index in [9.17, 15) is 13.7 Å². The van der Waals surface area contributed by atoms with E-state index < -0.39 is 21.7 Å². The second-order valence-corrected chi connectivity index (χ2v) is 10.6. The molecule has 1 aliphatic rings. The van der Waals surface area contributed by atoms with Crippen molar-refractivity contribution < 1.29 is 18.4 Å². The maximum absolute atomic E-state index is 13.9. The van der Waals surface area contributed by atoms with Crippen molar-refractivity contribution in [3.05, 3.63) is 48.0 Å². The average Bonchev–Trinajstić information content (AvgIpc) is 3.07. The minimum absolute atomic E-state index is 0.318. The molecule has 1 aromatic heterocycles. The van der Waals surface area contributed by atoms with E-state index in [4.69, 9.17) is 4.74 Å². The third kappa shape index (κ3) is 4.94. The number of aromatic nitrogens is 2. The van der Waals surface area contributed by atoms with Crippen LogP contribution in [-0.2, 0) is 9.73 Å². The van der Waals surface area contributed by atoms with Gasteiger partial charge in [0.05, 0.1) is 23.0 Å². The number of nitrogens with one attached hydrogen (secondary N) is 1. The van der Waals surface area contributed by atoms with Crippen molar-refractivity contribution in [2.75, 3.05) is 17.8 Å². The van der Waals surface area contributed by atoms with Gasteiger partial charge in [0.1, 0.15) is 29.8 Å². The number of benzene rings is 2. The Kier molecular flexibility index (Phi) is 5.81. The molecule has 0 bridgehead atoms. The number of aryl methyl sites for hydroxylation is 1. The van der Waals surface area contributed by atoms with Gasteiger partial charge in [-0.3, -0.25) is 0 Å². The summed E-state index contributed by atoms with van der Waals surface area (Å²) in [5, 5.41) is 14.1. The van der Waals surface area contributed by atoms with Crippen molar-refractivity contribution in [1.29, 1.82) is 0 Å². The van der Waals surface area contributed by atoms with E-state index in [0.717, 1.165) is 23.8 Å². The topological polar surface area (TPSA) is 96.7 Å². The Hall–Kier alpha value is -2.78. The van der Waals surface area contributed by atoms with Crippen LogP contribution in [0.25, 0.3) is 10.9 Å². The quantitative estimate of drug-likeness (QED) is 0.603. The standard InChI is InChI=1S/C22H25FN4O3S/c1-13-9-15(27-31(2,3)29)11-17-21(13)22(25-12-24-17)26-16-8-7-14(23)10-20(16)30-19-6-4-5-18(19)28/h7-12,18-19,28H,4-6H2,1-3H3,(H,24,25,26)/t18-,19-/m1/s1. The fourth-order valence-corrected chi connectivity index (χ4v) is 4.42. The average molecular weight is 445 g/mol. The van der Waals surface area contributed by atoms with Crippen molar-refractivity contribution in [1.82, 2.24) is 9.97 Å². The lowest BCUT2D eigenvalue weighted by molar-refractivity contribution is 0.0607. The second-order valence-electron chi connectivity index (χ2n) is 8.07. The monoisotopic (exact) mass is 444 g/mol. The summed E-state index contributed by atoms with van der Waals surface area (Å²) in [5.74, 6) is 0.427. The van der Waals surface area contributed by atoms with Gasteiger partial charge in [-0.1, -0.05) is 0 Å². The Morgan fingerprint density at radius 2 is 2.03 bits per heavy atom. The summed E-state index contributed by atoms with van der Waals surface area (Å²) in [6.07, 6.45) is 5.92. The van der Waals surface area contributed by atoms with Gasteiger partial charge in [0.2, 0.25) is 0 Å². The van der Waals surface area contributed by atoms with Crippen molar-refractivity contribution >= 4 is 37.8 Å². The SMILES string of the molecule is Cc1cc(N=S(C)(C)=O)cc2ncnc(Nc3ccc(F)cc3O[C@@H]3CCC[C@H]3O)c12. The van der Waals surface area contributed by atoms with Crippen LogP contribution in [0.5, 0.6) is 5.75 Å². The van der Waals surface area contributed by atoms with Crippen LogP contribution in [0, 0.1) is 12.7 Å². The molecule has 3 aromatic rings. The summed E-state index contributed by atoms with van der Waals surface area (Å²) < 4.78 is 36.2. The van der Waals surface area contributed by atoms with Gasteiger partial charge in [0, 0.05) is 33.7 Å². The highest BCUT2D eigenvalue weighted by Gasteiger charge is 2.28. The van der Waals surface area contributed by atoms with Crippen molar-refractivity contribution in [2.24, 2.45) is 4.36 Å². The van der Waals surface area contributed by atoms with Gasteiger partial charge in [-0.25, -0.2) is 18.6 Å². The summed E-state index contributed by atoms with van der Waals surface area (Å²) in [4.78, 5) is 8.71. The van der Waals surface area contributed by atoms with Gasteiger partial charge in [-0.15, -0.1) is 0 Å². The molecule has 2 aromatic carbocycles. The highest BCUT2D eigenvalue weighted by atomic mass is 32.2. The molecule has 0 aliphatic heterocycles. The first-order valence-electron chi connectivity index (χ1n) is 10.0. The number of ether oxygens (including phenoxy) is 1. The van der Waals surface area contributed by atoms with Gasteiger partial charge < -0.3 is 15.2 Å². The Balaban J connectivity index is 1.73. The molecule has 2 N–H and O–H groups in total. The predicted molar refractivity (Wildman–Crippen MR) is 120 cm³/mol. The number of anilines is 2. The van der Waals surface area contributed by atoms with E-state index in [1.54, 1.807) is 24.6 Å². The predicted octanol–water partition coefficient (Wildman–Crippen LogP) is 4.47. The Morgan fingerprint density at radius 3 is 2.74 bits per heavy atom. The van der Waals surface area contributed by atoms with Crippen LogP contribution in [0.1, 0.15) is 24.8 Å². The lowest BCUT2D eigenvalue weighted by Gasteiger charge is -2.20. The Morgan fingerprint density at radius 1 is 1.23 bits per heavy atom. The first-order chi connectivity index (χ1) is 14.7. The van der Waals surface area contributed by atoms with Gasteiger partial charge in [-0.05, 0) is 56.0 Å². The normalized spacial score (nSPS) is 18.9. The van der Waals surface area contributed by atoms with E-state index in [1.807, 2.05) is 13.0 Å². The first-order valence-corrected chi connectivity index (χ1v) is 12.4. The molecule has 2 atom stereocenters. The zero-order valence-corrected chi connectivity index (χ0v) is 18.4. The summed E-state index contributed by atoms with van der Waals surface area (Å²) in [7, 11) is -2.30. The van der Waals surface area contributed by atoms with Gasteiger partial charge in [0.15, 0.2) is 0 Å². The fraction of sp³-hybridized carbons (Fsp3) is 0.364. The number of rotatable bonds is 5. The highest BCUT2D eigenvalue weighted by molar-refractivity contribution is 7.92. The van der Waals surface area contributed by atoms with Gasteiger partial charge in [0.25, 0.3) is 0 Å². The maximum atomic E-state index is 13.9. The largest absolute Gasteiger partial charge is 0.485 e. The molecule has 0 radical (unpaired) electrons. The molecule has 0 amide bonds. The van der Waals surface area contributed by atoms with Crippen molar-refractivity contribution in [2.45, 2.75) is 38.4 Å². The summed E-state index contributed by atoms with van der Waals surface area (Å²) in [6.45, 7) is 1.90. The summed E-state index contributed by atoms with van der Waals surface area (Å²) in [6, 6.07) is 7.83. The number of hydrogen-bond acceptors (Lipinski definition) is 7. The number of fused-ring (bicyclic) bond motifs is 1. The molecule has 1 aliphatic carbocycles. The number of halogens is 1. The van der Waals surface area contributed by atoms with E-state index in [2.05, 4.69) is 19.6 Å². The van der Waals surface area contributed by atoms with Gasteiger partial charge in [-0.2, -0.15) is 4.36 Å². The first kappa shape index (κ1) is 21.5. The minimum Gasteiger partial charge on any atom is -0.485 e. The molecular formula is C22H25FN4O3S. The zero-order valence-electron chi connectivity index (χ0n) is 17.6. The molecule has 0 saturated heterocycles. The van der Waals surface area contributed by atoms with Crippen LogP contribution < -0.4 is 10.1 Å². The van der Waals surface area contributed by atoms with Crippen LogP contribution in [0.15, 0.2) is 41.0 Å². The molecule has 1 fully saturated rings. The third-order valence-corrected chi connectivity index (χ3v) is 5.79. The van der Waals surface area contributed by atoms with Crippen LogP contribution in [0.2, 0.25) is 0 Å². The molecule has 31 heavy (non-hydrogen) atoms. The van der Waals surface area contributed by atoms with E-state index in [-0.39, 0.29) is 6.10 Å². The lowest BCUT2D eigenvalue weighted by atomic mass is 10.1. The van der Waals surface area contributed by atoms with Crippen LogP contribution in [0.4, 0.5) is 21.6 Å². The fourth-order valence-electron chi connectivity index (χ4n) is 3.81. The Labute approximate surface area is 180 Å². The Bertz CT molecular complexity index is 1250. The molecule has 1 heterocycles. The smallest absolute Gasteiger partial charge is 0.146 e. The summed E-state index contributed by atoms with van der Waals surface area (Å²) >= 11 is 0. The molecule has 4 rings (SSSR count). The van der Waals surface area contributed by atoms with Crippen molar-refractivity contribution in [3.8, 4) is 5.75 Å². The van der Waals surface area contributed by atoms with Gasteiger partial charge >= 0.3 is 0 Å². The van der Waals surface area contributed by atoms with E-state index >= 15 is 0 Å². The van der Waals surface area contributed by atoms with Crippen LogP contribution >= 0.6 is 0 Å². The minimum atomic E-state index is -2.30. The van der Waals surface area contributed by atoms with Crippen LogP contribution in [0.3, 0.4) is 0 Å².